The predicted molar refractivity (Wildman–Crippen MR) is 86.9 cm³/mol. The number of non-ortho nitro benzene ring substituents is 1. The second-order valence-corrected chi connectivity index (χ2v) is 5.73. The summed E-state index contributed by atoms with van der Waals surface area (Å²) in [6.45, 7) is 5.09. The average Bonchev–Trinajstić information content (AvgIpc) is 2.46. The number of nitrogens with two attached hydrogens (primary N) is 1. The summed E-state index contributed by atoms with van der Waals surface area (Å²) in [6, 6.07) is 7.34. The van der Waals surface area contributed by atoms with Crippen molar-refractivity contribution in [2.24, 2.45) is 11.7 Å². The first-order valence-corrected chi connectivity index (χ1v) is 7.27. The van der Waals surface area contributed by atoms with Gasteiger partial charge in [-0.25, -0.2) is 0 Å². The van der Waals surface area contributed by atoms with Gasteiger partial charge in [0.1, 0.15) is 0 Å². The number of nitro groups is 1. The summed E-state index contributed by atoms with van der Waals surface area (Å²) in [5.41, 5.74) is 7.16. The van der Waals surface area contributed by atoms with E-state index in [-0.39, 0.29) is 23.0 Å². The average molecular weight is 314 g/mol. The number of halogens is 1. The number of benzene rings is 1. The van der Waals surface area contributed by atoms with Crippen LogP contribution in [0.15, 0.2) is 24.3 Å². The number of hydrogen-bond donors (Lipinski definition) is 1. The van der Waals surface area contributed by atoms with E-state index in [2.05, 4.69) is 11.8 Å². The first kappa shape index (κ1) is 17.9. The second-order valence-electron chi connectivity index (χ2n) is 5.73. The highest BCUT2D eigenvalue weighted by Gasteiger charge is 2.24. The van der Waals surface area contributed by atoms with Crippen molar-refractivity contribution >= 4 is 18.1 Å². The second kappa shape index (κ2) is 8.32. The standard InChI is InChI=1S/C15H23N3O2.ClH/c1-12-6-8-17(15(10-12)11-16)9-7-13-2-4-14(5-3-13)18(19)20;/h2-5,12,15H,6-11,16H2,1H3;1H. The van der Waals surface area contributed by atoms with E-state index < -0.39 is 0 Å². The molecule has 1 fully saturated rings. The molecule has 0 amide bonds. The van der Waals surface area contributed by atoms with Crippen LogP contribution in [-0.2, 0) is 6.42 Å². The van der Waals surface area contributed by atoms with Crippen LogP contribution in [0.3, 0.4) is 0 Å². The minimum atomic E-state index is -0.361. The molecule has 1 heterocycles. The summed E-state index contributed by atoms with van der Waals surface area (Å²) in [5, 5.41) is 10.6. The van der Waals surface area contributed by atoms with Gasteiger partial charge in [0.05, 0.1) is 4.92 Å². The lowest BCUT2D eigenvalue weighted by Gasteiger charge is -2.38. The molecular formula is C15H24ClN3O2. The van der Waals surface area contributed by atoms with Gasteiger partial charge in [-0.2, -0.15) is 0 Å². The van der Waals surface area contributed by atoms with Crippen molar-refractivity contribution in [2.45, 2.75) is 32.2 Å². The van der Waals surface area contributed by atoms with E-state index in [1.165, 1.54) is 12.8 Å². The van der Waals surface area contributed by atoms with Gasteiger partial charge in [-0.15, -0.1) is 12.4 Å². The molecule has 6 heteroatoms. The van der Waals surface area contributed by atoms with Crippen LogP contribution in [0.4, 0.5) is 5.69 Å². The molecule has 0 radical (unpaired) electrons. The molecule has 5 nitrogen and oxygen atoms in total. The molecule has 118 valence electrons. The Kier molecular flexibility index (Phi) is 7.08. The maximum Gasteiger partial charge on any atom is 0.269 e. The fourth-order valence-corrected chi connectivity index (χ4v) is 2.90. The number of hydrogen-bond acceptors (Lipinski definition) is 4. The van der Waals surface area contributed by atoms with Crippen LogP contribution in [0.1, 0.15) is 25.3 Å². The maximum absolute atomic E-state index is 10.6. The van der Waals surface area contributed by atoms with E-state index in [1.807, 2.05) is 12.1 Å². The van der Waals surface area contributed by atoms with Gasteiger partial charge in [-0.05, 0) is 37.3 Å². The van der Waals surface area contributed by atoms with Gasteiger partial charge >= 0.3 is 0 Å². The predicted octanol–water partition coefficient (Wildman–Crippen LogP) is 2.62. The van der Waals surface area contributed by atoms with Gasteiger partial charge in [0.15, 0.2) is 0 Å². The first-order chi connectivity index (χ1) is 9.60. The molecule has 0 aliphatic carbocycles. The number of piperidine rings is 1. The highest BCUT2D eigenvalue weighted by Crippen LogP contribution is 2.22. The van der Waals surface area contributed by atoms with Gasteiger partial charge in [0, 0.05) is 31.3 Å². The van der Waals surface area contributed by atoms with E-state index in [1.54, 1.807) is 12.1 Å². The van der Waals surface area contributed by atoms with Crippen molar-refractivity contribution < 1.29 is 4.92 Å². The fraction of sp³-hybridized carbons (Fsp3) is 0.600. The molecule has 0 spiro atoms. The van der Waals surface area contributed by atoms with Crippen LogP contribution >= 0.6 is 12.4 Å². The maximum atomic E-state index is 10.6. The van der Waals surface area contributed by atoms with E-state index in [0.717, 1.165) is 31.0 Å². The third-order valence-electron chi connectivity index (χ3n) is 4.21. The Balaban J connectivity index is 0.00000220. The lowest BCUT2D eigenvalue weighted by Crippen LogP contribution is -2.46. The summed E-state index contributed by atoms with van der Waals surface area (Å²) >= 11 is 0. The van der Waals surface area contributed by atoms with Crippen LogP contribution in [0.5, 0.6) is 0 Å². The third-order valence-corrected chi connectivity index (χ3v) is 4.21. The molecule has 21 heavy (non-hydrogen) atoms. The molecule has 1 saturated heterocycles. The van der Waals surface area contributed by atoms with E-state index in [4.69, 9.17) is 5.73 Å². The Morgan fingerprint density at radius 1 is 1.38 bits per heavy atom. The summed E-state index contributed by atoms with van der Waals surface area (Å²) in [7, 11) is 0. The lowest BCUT2D eigenvalue weighted by molar-refractivity contribution is -0.384. The molecule has 2 atom stereocenters. The lowest BCUT2D eigenvalue weighted by atomic mass is 9.92. The van der Waals surface area contributed by atoms with Gasteiger partial charge in [-0.3, -0.25) is 15.0 Å². The molecule has 2 N–H and O–H groups in total. The molecule has 1 aromatic carbocycles. The van der Waals surface area contributed by atoms with Crippen LogP contribution in [0.25, 0.3) is 0 Å². The molecule has 2 unspecified atom stereocenters. The zero-order chi connectivity index (χ0) is 14.5. The molecule has 1 aromatic rings. The minimum absolute atomic E-state index is 0. The third kappa shape index (κ3) is 4.95. The van der Waals surface area contributed by atoms with Crippen molar-refractivity contribution in [3.63, 3.8) is 0 Å². The minimum Gasteiger partial charge on any atom is -0.329 e. The Bertz CT molecular complexity index is 453. The van der Waals surface area contributed by atoms with Crippen molar-refractivity contribution in [1.29, 1.82) is 0 Å². The van der Waals surface area contributed by atoms with Gasteiger partial charge < -0.3 is 5.73 Å². The summed E-state index contributed by atoms with van der Waals surface area (Å²) in [4.78, 5) is 12.7. The molecule has 0 saturated carbocycles. The van der Waals surface area contributed by atoms with Gasteiger partial charge in [0.2, 0.25) is 0 Å². The fourth-order valence-electron chi connectivity index (χ4n) is 2.90. The zero-order valence-corrected chi connectivity index (χ0v) is 13.2. The van der Waals surface area contributed by atoms with Gasteiger partial charge in [-0.1, -0.05) is 19.1 Å². The largest absolute Gasteiger partial charge is 0.329 e. The first-order valence-electron chi connectivity index (χ1n) is 7.27. The van der Waals surface area contributed by atoms with Crippen molar-refractivity contribution in [2.75, 3.05) is 19.6 Å². The topological polar surface area (TPSA) is 72.4 Å². The van der Waals surface area contributed by atoms with Crippen LogP contribution in [-0.4, -0.2) is 35.5 Å². The molecule has 0 aromatic heterocycles. The van der Waals surface area contributed by atoms with Crippen LogP contribution in [0.2, 0.25) is 0 Å². The Morgan fingerprint density at radius 2 is 2.05 bits per heavy atom. The van der Waals surface area contributed by atoms with Crippen molar-refractivity contribution in [3.8, 4) is 0 Å². The van der Waals surface area contributed by atoms with E-state index in [9.17, 15) is 10.1 Å². The number of likely N-dealkylation sites (tertiary alicyclic amines) is 1. The number of rotatable bonds is 5. The Hall–Kier alpha value is -1.17. The quantitative estimate of drug-likeness (QED) is 0.670. The summed E-state index contributed by atoms with van der Waals surface area (Å²) in [5.74, 6) is 0.763. The van der Waals surface area contributed by atoms with Crippen LogP contribution < -0.4 is 5.73 Å². The smallest absolute Gasteiger partial charge is 0.269 e. The summed E-state index contributed by atoms with van der Waals surface area (Å²) in [6.07, 6.45) is 3.33. The summed E-state index contributed by atoms with van der Waals surface area (Å²) < 4.78 is 0. The molecular weight excluding hydrogens is 290 g/mol. The molecule has 0 bridgehead atoms. The highest BCUT2D eigenvalue weighted by molar-refractivity contribution is 5.85. The normalized spacial score (nSPS) is 22.6. The Labute approximate surface area is 132 Å². The van der Waals surface area contributed by atoms with E-state index >= 15 is 0 Å². The molecule has 2 rings (SSSR count). The zero-order valence-electron chi connectivity index (χ0n) is 12.4. The van der Waals surface area contributed by atoms with Crippen LogP contribution in [0, 0.1) is 16.0 Å². The van der Waals surface area contributed by atoms with Crippen molar-refractivity contribution in [3.05, 3.63) is 39.9 Å². The number of nitro benzene ring substituents is 1. The molecule has 1 aliphatic rings. The highest BCUT2D eigenvalue weighted by atomic mass is 35.5. The van der Waals surface area contributed by atoms with Crippen molar-refractivity contribution in [1.82, 2.24) is 4.90 Å². The van der Waals surface area contributed by atoms with Gasteiger partial charge in [0.25, 0.3) is 5.69 Å². The number of nitrogens with zero attached hydrogens (tertiary/aromatic N) is 2. The Morgan fingerprint density at radius 3 is 2.62 bits per heavy atom. The molecule has 1 aliphatic heterocycles. The monoisotopic (exact) mass is 313 g/mol. The SMILES string of the molecule is CC1CCN(CCc2ccc([N+](=O)[O-])cc2)C(CN)C1.Cl. The van der Waals surface area contributed by atoms with E-state index in [0.29, 0.717) is 12.6 Å².